The fourth-order valence-corrected chi connectivity index (χ4v) is 0.618. The van der Waals surface area contributed by atoms with E-state index in [1.165, 1.54) is 0 Å². The Balaban J connectivity index is 0.000001000. The van der Waals surface area contributed by atoms with Gasteiger partial charge in [0.25, 0.3) is 0 Å². The van der Waals surface area contributed by atoms with E-state index < -0.39 is 0 Å². The molecule has 1 rings (SSSR count). The standard InChI is InChI=1S/C9H11N.Y/c1-9(2)5-8-10-6-3-4-7-10;/h3-4,6,8-9H,1-2H3;/q-2;. The van der Waals surface area contributed by atoms with Crippen molar-refractivity contribution in [2.75, 3.05) is 0 Å². The molecule has 0 aliphatic carbocycles. The van der Waals surface area contributed by atoms with Crippen molar-refractivity contribution in [1.82, 2.24) is 4.57 Å². The molecule has 11 heavy (non-hydrogen) atoms. The zero-order valence-corrected chi connectivity index (χ0v) is 9.75. The molecular formula is C9H11NY-2. The van der Waals surface area contributed by atoms with Gasteiger partial charge in [-0.1, -0.05) is 20.0 Å². The average Bonchev–Trinajstić information content (AvgIpc) is 2.34. The van der Waals surface area contributed by atoms with Gasteiger partial charge in [-0.3, -0.25) is 6.20 Å². The third kappa shape index (κ3) is 4.55. The Kier molecular flexibility index (Phi) is 5.80. The van der Waals surface area contributed by atoms with E-state index in [9.17, 15) is 0 Å². The second kappa shape index (κ2) is 5.73. The predicted molar refractivity (Wildman–Crippen MR) is 42.1 cm³/mol. The molecule has 0 fully saturated rings. The van der Waals surface area contributed by atoms with Crippen molar-refractivity contribution < 1.29 is 32.7 Å². The number of rotatable bonds is 2. The van der Waals surface area contributed by atoms with Gasteiger partial charge in [0.1, 0.15) is 0 Å². The molecule has 1 aromatic rings. The second-order valence-corrected chi connectivity index (χ2v) is 2.50. The van der Waals surface area contributed by atoms with Crippen LogP contribution in [-0.2, 0) is 32.7 Å². The molecule has 0 spiro atoms. The van der Waals surface area contributed by atoms with Crippen LogP contribution in [0.4, 0.5) is 0 Å². The Bertz CT molecular complexity index is 199. The minimum atomic E-state index is 0. The maximum Gasteiger partial charge on any atom is 0 e. The van der Waals surface area contributed by atoms with E-state index in [0.29, 0.717) is 5.92 Å². The van der Waals surface area contributed by atoms with Crippen molar-refractivity contribution in [1.29, 1.82) is 0 Å². The summed E-state index contributed by atoms with van der Waals surface area (Å²) in [5.74, 6) is 0.482. The molecule has 0 atom stereocenters. The molecule has 0 saturated carbocycles. The number of aromatic nitrogens is 1. The summed E-state index contributed by atoms with van der Waals surface area (Å²) in [6.07, 6.45) is 9.98. The summed E-state index contributed by atoms with van der Waals surface area (Å²) < 4.78 is 1.86. The Morgan fingerprint density at radius 2 is 2.27 bits per heavy atom. The minimum Gasteiger partial charge on any atom is -0.531 e. The number of hydrogen-bond acceptors (Lipinski definition) is 0. The third-order valence-electron chi connectivity index (χ3n) is 1.11. The quantitative estimate of drug-likeness (QED) is 0.676. The van der Waals surface area contributed by atoms with Crippen LogP contribution in [0.25, 0.3) is 6.20 Å². The van der Waals surface area contributed by atoms with E-state index in [1.807, 2.05) is 29.1 Å². The number of nitrogens with zero attached hydrogens (tertiary/aromatic N) is 1. The minimum absolute atomic E-state index is 0. The molecule has 1 radical (unpaired) electrons. The molecular weight excluding hydrogens is 211 g/mol. The average molecular weight is 222 g/mol. The largest absolute Gasteiger partial charge is 0.531 e. The summed E-state index contributed by atoms with van der Waals surface area (Å²) in [5.41, 5.74) is 0. The zero-order valence-electron chi connectivity index (χ0n) is 6.91. The summed E-state index contributed by atoms with van der Waals surface area (Å²) >= 11 is 0. The molecule has 0 bridgehead atoms. The Morgan fingerprint density at radius 1 is 1.55 bits per heavy atom. The first-order chi connectivity index (χ1) is 4.79. The Hall–Kier alpha value is 0.124. The second-order valence-electron chi connectivity index (χ2n) is 2.50. The fourth-order valence-electron chi connectivity index (χ4n) is 0.618. The van der Waals surface area contributed by atoms with E-state index in [4.69, 9.17) is 0 Å². The molecule has 1 heterocycles. The normalized spacial score (nSPS) is 10.5. The summed E-state index contributed by atoms with van der Waals surface area (Å²) in [6, 6.07) is 3.82. The van der Waals surface area contributed by atoms with Crippen LogP contribution in [0.2, 0.25) is 0 Å². The van der Waals surface area contributed by atoms with Crippen LogP contribution in [0.5, 0.6) is 0 Å². The van der Waals surface area contributed by atoms with Crippen molar-refractivity contribution in [3.8, 4) is 0 Å². The molecule has 57 valence electrons. The van der Waals surface area contributed by atoms with Crippen molar-refractivity contribution in [2.24, 2.45) is 5.92 Å². The molecule has 0 aliphatic rings. The predicted octanol–water partition coefficient (Wildman–Crippen LogP) is 2.22. The maximum absolute atomic E-state index is 3.15. The van der Waals surface area contributed by atoms with Gasteiger partial charge in [0.2, 0.25) is 0 Å². The van der Waals surface area contributed by atoms with Crippen molar-refractivity contribution in [3.05, 3.63) is 30.6 Å². The van der Waals surface area contributed by atoms with Crippen molar-refractivity contribution in [3.63, 3.8) is 0 Å². The molecule has 2 heteroatoms. The van der Waals surface area contributed by atoms with Crippen LogP contribution in [0.15, 0.2) is 18.3 Å². The SMILES string of the molecule is CC(C)[C-]=Cn1[c-]ccc1.[Y]. The Labute approximate surface area is 93.4 Å². The molecule has 0 unspecified atom stereocenters. The van der Waals surface area contributed by atoms with Crippen LogP contribution in [0, 0.1) is 18.2 Å². The van der Waals surface area contributed by atoms with Crippen molar-refractivity contribution >= 4 is 6.20 Å². The Morgan fingerprint density at radius 3 is 2.73 bits per heavy atom. The first kappa shape index (κ1) is 11.1. The maximum atomic E-state index is 3.15. The van der Waals surface area contributed by atoms with Gasteiger partial charge in [0.15, 0.2) is 0 Å². The first-order valence-corrected chi connectivity index (χ1v) is 3.43. The first-order valence-electron chi connectivity index (χ1n) is 3.43. The van der Waals surface area contributed by atoms with Gasteiger partial charge in [-0.25, -0.2) is 0 Å². The van der Waals surface area contributed by atoms with Crippen LogP contribution >= 0.6 is 0 Å². The van der Waals surface area contributed by atoms with Crippen LogP contribution in [-0.4, -0.2) is 4.57 Å². The van der Waals surface area contributed by atoms with Gasteiger partial charge in [-0.05, 0) is 0 Å². The van der Waals surface area contributed by atoms with Crippen LogP contribution in [0.1, 0.15) is 13.8 Å². The van der Waals surface area contributed by atoms with Gasteiger partial charge < -0.3 is 10.6 Å². The molecule has 1 nitrogen and oxygen atoms in total. The topological polar surface area (TPSA) is 4.93 Å². The van der Waals surface area contributed by atoms with Crippen LogP contribution in [0.3, 0.4) is 0 Å². The fraction of sp³-hybridized carbons (Fsp3) is 0.333. The van der Waals surface area contributed by atoms with Gasteiger partial charge in [0.05, 0.1) is 0 Å². The van der Waals surface area contributed by atoms with Crippen LogP contribution < -0.4 is 0 Å². The number of hydrogen-bond donors (Lipinski definition) is 0. The van der Waals surface area contributed by atoms with Gasteiger partial charge in [0, 0.05) is 32.7 Å². The monoisotopic (exact) mass is 222 g/mol. The van der Waals surface area contributed by atoms with Gasteiger partial charge in [-0.2, -0.15) is 12.0 Å². The molecule has 0 aromatic carbocycles. The van der Waals surface area contributed by atoms with E-state index >= 15 is 0 Å². The number of allylic oxidation sites excluding steroid dienone is 1. The molecule has 1 aromatic heterocycles. The molecule has 0 aliphatic heterocycles. The van der Waals surface area contributed by atoms with Gasteiger partial charge in [-0.15, -0.1) is 12.3 Å². The summed E-state index contributed by atoms with van der Waals surface area (Å²) in [7, 11) is 0. The van der Waals surface area contributed by atoms with Gasteiger partial charge >= 0.3 is 0 Å². The zero-order chi connectivity index (χ0) is 7.40. The van der Waals surface area contributed by atoms with E-state index in [1.54, 1.807) is 0 Å². The van der Waals surface area contributed by atoms with Crippen molar-refractivity contribution in [2.45, 2.75) is 13.8 Å². The van der Waals surface area contributed by atoms with E-state index in [-0.39, 0.29) is 32.7 Å². The molecule has 0 amide bonds. The molecule has 0 saturated heterocycles. The van der Waals surface area contributed by atoms with E-state index in [2.05, 4.69) is 26.1 Å². The summed E-state index contributed by atoms with van der Waals surface area (Å²) in [6.45, 7) is 4.19. The summed E-state index contributed by atoms with van der Waals surface area (Å²) in [5, 5.41) is 0. The molecule has 0 N–H and O–H groups in total. The van der Waals surface area contributed by atoms with E-state index in [0.717, 1.165) is 0 Å². The third-order valence-corrected chi connectivity index (χ3v) is 1.11. The summed E-state index contributed by atoms with van der Waals surface area (Å²) in [4.78, 5) is 0. The smallest absolute Gasteiger partial charge is 0 e.